The summed E-state index contributed by atoms with van der Waals surface area (Å²) >= 11 is 6.20. The van der Waals surface area contributed by atoms with Crippen molar-refractivity contribution in [3.8, 4) is 0 Å². The minimum Gasteiger partial charge on any atom is -0.351 e. The van der Waals surface area contributed by atoms with Crippen LogP contribution in [0.15, 0.2) is 24.4 Å². The summed E-state index contributed by atoms with van der Waals surface area (Å²) in [5.41, 5.74) is 7.92. The highest BCUT2D eigenvalue weighted by Gasteiger charge is 2.04. The highest BCUT2D eigenvalue weighted by atomic mass is 35.5. The van der Waals surface area contributed by atoms with E-state index in [1.165, 1.54) is 16.5 Å². The van der Waals surface area contributed by atoms with Crippen molar-refractivity contribution in [3.05, 3.63) is 35.0 Å². The first-order valence-electron chi connectivity index (χ1n) is 5.16. The highest BCUT2D eigenvalue weighted by Crippen LogP contribution is 2.25. The van der Waals surface area contributed by atoms with Crippen LogP contribution in [-0.2, 0) is 13.5 Å². The average Bonchev–Trinajstić information content (AvgIpc) is 2.57. The lowest BCUT2D eigenvalue weighted by Crippen LogP contribution is -2.00. The van der Waals surface area contributed by atoms with E-state index >= 15 is 0 Å². The Labute approximate surface area is 94.6 Å². The molecule has 1 heterocycles. The number of fused-ring (bicyclic) bond motifs is 1. The number of hydrogen-bond acceptors (Lipinski definition) is 1. The lowest BCUT2D eigenvalue weighted by Gasteiger charge is -2.05. The minimum atomic E-state index is 0.710. The molecule has 80 valence electrons. The first kappa shape index (κ1) is 10.5. The third kappa shape index (κ3) is 2.01. The zero-order valence-corrected chi connectivity index (χ0v) is 9.59. The summed E-state index contributed by atoms with van der Waals surface area (Å²) in [5.74, 6) is 0. The molecule has 3 heteroatoms. The predicted molar refractivity (Wildman–Crippen MR) is 65.3 cm³/mol. The summed E-state index contributed by atoms with van der Waals surface area (Å²) in [6.07, 6.45) is 3.99. The van der Waals surface area contributed by atoms with Crippen molar-refractivity contribution < 1.29 is 0 Å². The molecule has 0 spiro atoms. The van der Waals surface area contributed by atoms with Gasteiger partial charge in [-0.1, -0.05) is 11.6 Å². The fraction of sp³-hybridized carbons (Fsp3) is 0.333. The molecule has 0 saturated carbocycles. The third-order valence-corrected chi connectivity index (χ3v) is 3.06. The molecule has 2 nitrogen and oxygen atoms in total. The number of benzene rings is 1. The Morgan fingerprint density at radius 2 is 2.20 bits per heavy atom. The van der Waals surface area contributed by atoms with Crippen LogP contribution in [-0.4, -0.2) is 11.1 Å². The van der Waals surface area contributed by atoms with Crippen LogP contribution < -0.4 is 5.73 Å². The monoisotopic (exact) mass is 222 g/mol. The van der Waals surface area contributed by atoms with E-state index < -0.39 is 0 Å². The number of aryl methyl sites for hydroxylation is 2. The van der Waals surface area contributed by atoms with Crippen LogP contribution in [0, 0.1) is 0 Å². The topological polar surface area (TPSA) is 30.9 Å². The maximum Gasteiger partial charge on any atom is 0.0481 e. The second-order valence-corrected chi connectivity index (χ2v) is 4.23. The maximum atomic E-state index is 6.20. The lowest BCUT2D eigenvalue weighted by molar-refractivity contribution is 0.832. The Bertz CT molecular complexity index is 474. The molecule has 0 aliphatic heterocycles. The fourth-order valence-electron chi connectivity index (χ4n) is 1.82. The molecule has 0 unspecified atom stereocenters. The smallest absolute Gasteiger partial charge is 0.0481 e. The maximum absolute atomic E-state index is 6.20. The largest absolute Gasteiger partial charge is 0.351 e. The van der Waals surface area contributed by atoms with Gasteiger partial charge in [-0.05, 0) is 43.1 Å². The molecule has 15 heavy (non-hydrogen) atoms. The van der Waals surface area contributed by atoms with E-state index in [1.54, 1.807) is 0 Å². The highest BCUT2D eigenvalue weighted by molar-refractivity contribution is 6.32. The second-order valence-electron chi connectivity index (χ2n) is 3.82. The van der Waals surface area contributed by atoms with Crippen molar-refractivity contribution in [1.29, 1.82) is 0 Å². The first-order chi connectivity index (χ1) is 7.22. The van der Waals surface area contributed by atoms with Crippen molar-refractivity contribution in [2.24, 2.45) is 12.8 Å². The summed E-state index contributed by atoms with van der Waals surface area (Å²) in [6.45, 7) is 0.710. The Hall–Kier alpha value is -0.990. The summed E-state index contributed by atoms with van der Waals surface area (Å²) in [7, 11) is 2.04. The van der Waals surface area contributed by atoms with Gasteiger partial charge in [0.1, 0.15) is 0 Å². The van der Waals surface area contributed by atoms with E-state index in [0.717, 1.165) is 17.9 Å². The molecule has 1 aromatic heterocycles. The molecule has 0 atom stereocenters. The molecule has 2 rings (SSSR count). The fourth-order valence-corrected chi connectivity index (χ4v) is 2.08. The van der Waals surface area contributed by atoms with E-state index in [0.29, 0.717) is 6.54 Å². The van der Waals surface area contributed by atoms with Crippen LogP contribution in [0.4, 0.5) is 0 Å². The molecule has 0 fully saturated rings. The number of nitrogens with zero attached hydrogens (tertiary/aromatic N) is 1. The van der Waals surface area contributed by atoms with Gasteiger partial charge in [0.2, 0.25) is 0 Å². The number of halogens is 1. The normalized spacial score (nSPS) is 11.1. The molecule has 0 radical (unpaired) electrons. The zero-order valence-electron chi connectivity index (χ0n) is 8.83. The van der Waals surface area contributed by atoms with Gasteiger partial charge in [-0.3, -0.25) is 0 Å². The van der Waals surface area contributed by atoms with Gasteiger partial charge in [-0.15, -0.1) is 0 Å². The van der Waals surface area contributed by atoms with Crippen molar-refractivity contribution in [2.45, 2.75) is 12.8 Å². The van der Waals surface area contributed by atoms with Crippen LogP contribution in [0.5, 0.6) is 0 Å². The number of hydrogen-bond donors (Lipinski definition) is 1. The summed E-state index contributed by atoms with van der Waals surface area (Å²) in [6, 6.07) is 6.27. The molecular formula is C12H15ClN2. The lowest BCUT2D eigenvalue weighted by atomic mass is 10.1. The third-order valence-electron chi connectivity index (χ3n) is 2.70. The zero-order chi connectivity index (χ0) is 10.8. The SMILES string of the molecule is Cn1ccc2cc(Cl)c(CCCN)cc21. The summed E-state index contributed by atoms with van der Waals surface area (Å²) in [5, 5.41) is 2.04. The predicted octanol–water partition coefficient (Wildman–Crippen LogP) is 2.72. The molecule has 0 aliphatic rings. The van der Waals surface area contributed by atoms with E-state index in [-0.39, 0.29) is 0 Å². The Balaban J connectivity index is 2.45. The summed E-state index contributed by atoms with van der Waals surface area (Å²) in [4.78, 5) is 0. The summed E-state index contributed by atoms with van der Waals surface area (Å²) < 4.78 is 2.11. The molecule has 2 N–H and O–H groups in total. The van der Waals surface area contributed by atoms with Gasteiger partial charge in [0.05, 0.1) is 0 Å². The van der Waals surface area contributed by atoms with Crippen LogP contribution in [0.3, 0.4) is 0 Å². The number of nitrogens with two attached hydrogens (primary N) is 1. The Morgan fingerprint density at radius 3 is 2.93 bits per heavy atom. The van der Waals surface area contributed by atoms with Gasteiger partial charge < -0.3 is 10.3 Å². The standard InChI is InChI=1S/C12H15ClN2/c1-15-6-4-10-7-11(13)9(3-2-5-14)8-12(10)15/h4,6-8H,2-3,5,14H2,1H3. The first-order valence-corrected chi connectivity index (χ1v) is 5.53. The van der Waals surface area contributed by atoms with Crippen LogP contribution >= 0.6 is 11.6 Å². The van der Waals surface area contributed by atoms with Gasteiger partial charge in [0.15, 0.2) is 0 Å². The van der Waals surface area contributed by atoms with E-state index in [2.05, 4.69) is 16.7 Å². The molecular weight excluding hydrogens is 208 g/mol. The quantitative estimate of drug-likeness (QED) is 0.851. The van der Waals surface area contributed by atoms with E-state index in [4.69, 9.17) is 17.3 Å². The van der Waals surface area contributed by atoms with Crippen LogP contribution in [0.2, 0.25) is 5.02 Å². The molecule has 0 bridgehead atoms. The molecule has 0 aliphatic carbocycles. The van der Waals surface area contributed by atoms with Crippen molar-refractivity contribution in [2.75, 3.05) is 6.54 Å². The van der Waals surface area contributed by atoms with E-state index in [1.807, 2.05) is 19.3 Å². The molecule has 2 aromatic rings. The van der Waals surface area contributed by atoms with Gasteiger partial charge >= 0.3 is 0 Å². The van der Waals surface area contributed by atoms with Gasteiger partial charge in [-0.25, -0.2) is 0 Å². The number of aromatic nitrogens is 1. The Kier molecular flexibility index (Phi) is 2.98. The van der Waals surface area contributed by atoms with Gasteiger partial charge in [0.25, 0.3) is 0 Å². The van der Waals surface area contributed by atoms with Crippen molar-refractivity contribution in [3.63, 3.8) is 0 Å². The van der Waals surface area contributed by atoms with Gasteiger partial charge in [0, 0.05) is 29.2 Å². The molecule has 0 amide bonds. The minimum absolute atomic E-state index is 0.710. The van der Waals surface area contributed by atoms with Crippen molar-refractivity contribution >= 4 is 22.5 Å². The van der Waals surface area contributed by atoms with Gasteiger partial charge in [-0.2, -0.15) is 0 Å². The second kappa shape index (κ2) is 4.25. The van der Waals surface area contributed by atoms with E-state index in [9.17, 15) is 0 Å². The average molecular weight is 223 g/mol. The van der Waals surface area contributed by atoms with Crippen LogP contribution in [0.1, 0.15) is 12.0 Å². The number of rotatable bonds is 3. The van der Waals surface area contributed by atoms with Crippen LogP contribution in [0.25, 0.3) is 10.9 Å². The Morgan fingerprint density at radius 1 is 1.40 bits per heavy atom. The van der Waals surface area contributed by atoms with Crippen molar-refractivity contribution in [1.82, 2.24) is 4.57 Å². The molecule has 1 aromatic carbocycles. The molecule has 0 saturated heterocycles.